The summed E-state index contributed by atoms with van der Waals surface area (Å²) in [4.78, 5) is 10.8. The molecule has 1 atom stereocenters. The van der Waals surface area contributed by atoms with Gasteiger partial charge in [-0.15, -0.1) is 0 Å². The Bertz CT molecular complexity index is 564. The maximum Gasteiger partial charge on any atom is 0.326 e. The Morgan fingerprint density at radius 1 is 1.69 bits per heavy atom. The van der Waals surface area contributed by atoms with Gasteiger partial charge in [0.1, 0.15) is 11.7 Å². The van der Waals surface area contributed by atoms with Crippen molar-refractivity contribution in [1.82, 2.24) is 9.61 Å². The van der Waals surface area contributed by atoms with Crippen LogP contribution in [0.5, 0.6) is 0 Å². The van der Waals surface area contributed by atoms with Crippen LogP contribution in [0.15, 0.2) is 18.3 Å². The quantitative estimate of drug-likeness (QED) is 0.830. The molecule has 0 saturated heterocycles. The van der Waals surface area contributed by atoms with Gasteiger partial charge < -0.3 is 10.8 Å². The first-order chi connectivity index (χ1) is 7.50. The summed E-state index contributed by atoms with van der Waals surface area (Å²) >= 11 is 6.04. The first-order valence-corrected chi connectivity index (χ1v) is 5.01. The molecule has 16 heavy (non-hydrogen) atoms. The van der Waals surface area contributed by atoms with E-state index in [2.05, 4.69) is 5.10 Å². The summed E-state index contributed by atoms with van der Waals surface area (Å²) in [5.41, 5.74) is 7.34. The van der Waals surface area contributed by atoms with Crippen molar-refractivity contribution < 1.29 is 9.90 Å². The van der Waals surface area contributed by atoms with Crippen LogP contribution in [-0.4, -0.2) is 20.7 Å². The van der Waals surface area contributed by atoms with Gasteiger partial charge in [0.25, 0.3) is 0 Å². The molecule has 0 aromatic carbocycles. The van der Waals surface area contributed by atoms with Crippen molar-refractivity contribution in [3.05, 3.63) is 34.6 Å². The summed E-state index contributed by atoms with van der Waals surface area (Å²) in [6, 6.07) is 2.48. The van der Waals surface area contributed by atoms with E-state index in [1.807, 2.05) is 19.1 Å². The fourth-order valence-electron chi connectivity index (χ4n) is 1.46. The molecule has 0 fully saturated rings. The van der Waals surface area contributed by atoms with Crippen LogP contribution in [0.4, 0.5) is 0 Å². The Hall–Kier alpha value is -1.59. The number of nitrogens with zero attached hydrogens (tertiary/aromatic N) is 2. The van der Waals surface area contributed by atoms with Crippen LogP contribution in [-0.2, 0) is 4.79 Å². The highest BCUT2D eigenvalue weighted by atomic mass is 35.5. The number of rotatable bonds is 2. The highest BCUT2D eigenvalue weighted by molar-refractivity contribution is 6.34. The Morgan fingerprint density at radius 3 is 3.00 bits per heavy atom. The van der Waals surface area contributed by atoms with Crippen molar-refractivity contribution in [2.24, 2.45) is 5.73 Å². The number of pyridine rings is 1. The van der Waals surface area contributed by atoms with Crippen molar-refractivity contribution in [1.29, 1.82) is 0 Å². The van der Waals surface area contributed by atoms with Crippen LogP contribution >= 0.6 is 11.6 Å². The minimum Gasteiger partial charge on any atom is -0.480 e. The van der Waals surface area contributed by atoms with Gasteiger partial charge in [0, 0.05) is 6.20 Å². The summed E-state index contributed by atoms with van der Waals surface area (Å²) in [6.07, 6.45) is 1.72. The van der Waals surface area contributed by atoms with E-state index in [4.69, 9.17) is 22.4 Å². The van der Waals surface area contributed by atoms with E-state index in [1.54, 1.807) is 6.20 Å². The minimum atomic E-state index is -1.20. The topological polar surface area (TPSA) is 80.6 Å². The lowest BCUT2D eigenvalue weighted by atomic mass is 10.2. The van der Waals surface area contributed by atoms with Crippen molar-refractivity contribution in [2.75, 3.05) is 0 Å². The molecule has 0 spiro atoms. The number of nitrogens with two attached hydrogens (primary N) is 1. The standard InChI is InChI=1S/C10H10ClN3O2/c1-5-2-3-14-6(4-5)7(11)9(13-14)8(12)10(15)16/h2-4,8H,12H2,1H3,(H,15,16). The second-order valence-corrected chi connectivity index (χ2v) is 3.93. The lowest BCUT2D eigenvalue weighted by molar-refractivity contribution is -0.138. The third kappa shape index (κ3) is 1.64. The van der Waals surface area contributed by atoms with Crippen LogP contribution in [0, 0.1) is 6.92 Å². The van der Waals surface area contributed by atoms with E-state index in [-0.39, 0.29) is 5.69 Å². The van der Waals surface area contributed by atoms with Gasteiger partial charge in [0.15, 0.2) is 0 Å². The van der Waals surface area contributed by atoms with Crippen LogP contribution in [0.25, 0.3) is 5.52 Å². The van der Waals surface area contributed by atoms with Gasteiger partial charge in [-0.05, 0) is 24.6 Å². The summed E-state index contributed by atoms with van der Waals surface area (Å²) in [7, 11) is 0. The monoisotopic (exact) mass is 239 g/mol. The zero-order valence-corrected chi connectivity index (χ0v) is 9.27. The van der Waals surface area contributed by atoms with Crippen molar-refractivity contribution in [3.8, 4) is 0 Å². The first-order valence-electron chi connectivity index (χ1n) is 4.63. The molecule has 0 aliphatic heterocycles. The summed E-state index contributed by atoms with van der Waals surface area (Å²) in [5, 5.41) is 13.2. The van der Waals surface area contributed by atoms with Gasteiger partial charge >= 0.3 is 5.97 Å². The summed E-state index contributed by atoms with van der Waals surface area (Å²) < 4.78 is 1.52. The molecule has 0 bridgehead atoms. The fraction of sp³-hybridized carbons (Fsp3) is 0.200. The SMILES string of the molecule is Cc1ccn2nc(C(N)C(=O)O)c(Cl)c2c1. The Labute approximate surface area is 96.4 Å². The molecule has 2 aromatic heterocycles. The average molecular weight is 240 g/mol. The first kappa shape index (κ1) is 10.9. The van der Waals surface area contributed by atoms with Gasteiger partial charge in [-0.25, -0.2) is 4.52 Å². The molecule has 3 N–H and O–H groups in total. The molecule has 0 aliphatic carbocycles. The zero-order chi connectivity index (χ0) is 11.9. The number of aryl methyl sites for hydroxylation is 1. The minimum absolute atomic E-state index is 0.180. The number of halogens is 1. The second-order valence-electron chi connectivity index (χ2n) is 3.55. The number of hydrogen-bond donors (Lipinski definition) is 2. The molecule has 0 radical (unpaired) electrons. The lowest BCUT2D eigenvalue weighted by Gasteiger charge is -2.01. The third-order valence-corrected chi connectivity index (χ3v) is 2.70. The molecule has 5 nitrogen and oxygen atoms in total. The number of hydrogen-bond acceptors (Lipinski definition) is 3. The molecule has 6 heteroatoms. The largest absolute Gasteiger partial charge is 0.480 e. The number of carboxylic acid groups (broad SMARTS) is 1. The second kappa shape index (κ2) is 3.77. The molecule has 0 saturated carbocycles. The van der Waals surface area contributed by atoms with Crippen molar-refractivity contribution >= 4 is 23.1 Å². The molecule has 1 unspecified atom stereocenters. The average Bonchev–Trinajstić information content (AvgIpc) is 2.55. The Balaban J connectivity index is 2.64. The Morgan fingerprint density at radius 2 is 2.38 bits per heavy atom. The number of fused-ring (bicyclic) bond motifs is 1. The van der Waals surface area contributed by atoms with Gasteiger partial charge in [-0.3, -0.25) is 4.79 Å². The van der Waals surface area contributed by atoms with E-state index in [0.717, 1.165) is 5.56 Å². The number of aliphatic carboxylic acids is 1. The Kier molecular flexibility index (Phi) is 2.57. The maximum atomic E-state index is 10.8. The predicted molar refractivity (Wildman–Crippen MR) is 59.5 cm³/mol. The van der Waals surface area contributed by atoms with E-state index in [1.165, 1.54) is 4.52 Å². The predicted octanol–water partition coefficient (Wildman–Crippen LogP) is 1.38. The molecule has 2 aromatic rings. The molecule has 0 aliphatic rings. The van der Waals surface area contributed by atoms with Crippen LogP contribution in [0.3, 0.4) is 0 Å². The van der Waals surface area contributed by atoms with Gasteiger partial charge in [-0.2, -0.15) is 5.10 Å². The van der Waals surface area contributed by atoms with E-state index in [0.29, 0.717) is 10.5 Å². The summed E-state index contributed by atoms with van der Waals surface area (Å²) in [5.74, 6) is -1.15. The van der Waals surface area contributed by atoms with Crippen LogP contribution in [0.1, 0.15) is 17.3 Å². The number of carbonyl (C=O) groups is 1. The zero-order valence-electron chi connectivity index (χ0n) is 8.51. The number of carboxylic acids is 1. The van der Waals surface area contributed by atoms with E-state index in [9.17, 15) is 4.79 Å². The van der Waals surface area contributed by atoms with Gasteiger partial charge in [0.05, 0.1) is 10.5 Å². The molecular formula is C10H10ClN3O2. The van der Waals surface area contributed by atoms with Crippen molar-refractivity contribution in [3.63, 3.8) is 0 Å². The normalized spacial score (nSPS) is 12.9. The van der Waals surface area contributed by atoms with E-state index < -0.39 is 12.0 Å². The highest BCUT2D eigenvalue weighted by Crippen LogP contribution is 2.26. The molecule has 0 amide bonds. The maximum absolute atomic E-state index is 10.8. The lowest BCUT2D eigenvalue weighted by Crippen LogP contribution is -2.21. The molecule has 2 rings (SSSR count). The van der Waals surface area contributed by atoms with E-state index >= 15 is 0 Å². The molecule has 2 heterocycles. The fourth-order valence-corrected chi connectivity index (χ4v) is 1.75. The van der Waals surface area contributed by atoms with Crippen LogP contribution < -0.4 is 5.73 Å². The van der Waals surface area contributed by atoms with Crippen LogP contribution in [0.2, 0.25) is 5.02 Å². The molecular weight excluding hydrogens is 230 g/mol. The smallest absolute Gasteiger partial charge is 0.326 e. The summed E-state index contributed by atoms with van der Waals surface area (Å²) in [6.45, 7) is 1.92. The number of aromatic nitrogens is 2. The molecule has 84 valence electrons. The highest BCUT2D eigenvalue weighted by Gasteiger charge is 2.22. The third-order valence-electron chi connectivity index (χ3n) is 2.32. The van der Waals surface area contributed by atoms with Gasteiger partial charge in [-0.1, -0.05) is 11.6 Å². The van der Waals surface area contributed by atoms with Crippen molar-refractivity contribution in [2.45, 2.75) is 13.0 Å². The van der Waals surface area contributed by atoms with Gasteiger partial charge in [0.2, 0.25) is 0 Å².